The maximum atomic E-state index is 12.0. The van der Waals surface area contributed by atoms with Crippen LogP contribution in [0.5, 0.6) is 5.75 Å². The Kier molecular flexibility index (Phi) is 4.64. The van der Waals surface area contributed by atoms with Gasteiger partial charge in [-0.1, -0.05) is 17.1 Å². The number of carbonyl (C=O) groups excluding carboxylic acids is 1. The molecule has 2 N–H and O–H groups in total. The highest BCUT2D eigenvalue weighted by molar-refractivity contribution is 5.97. The van der Waals surface area contributed by atoms with Gasteiger partial charge in [0.1, 0.15) is 5.75 Å². The lowest BCUT2D eigenvalue weighted by Gasteiger charge is -2.06. The summed E-state index contributed by atoms with van der Waals surface area (Å²) >= 11 is 0. The average molecular weight is 318 g/mol. The highest BCUT2D eigenvalue weighted by Gasteiger charge is 2.14. The van der Waals surface area contributed by atoms with Crippen LogP contribution < -0.4 is 5.43 Å². The second-order valence-corrected chi connectivity index (χ2v) is 4.76. The molecule has 0 aliphatic heterocycles. The number of para-hydroxylation sites is 1. The van der Waals surface area contributed by atoms with Crippen molar-refractivity contribution >= 4 is 17.6 Å². The molecule has 0 bridgehead atoms. The summed E-state index contributed by atoms with van der Waals surface area (Å²) in [6.45, 7) is 3.42. The SMILES string of the molecule is C/C(Cn1cnc([N+](=O)[O-])n1)=N/NC(=O)c1cccc(C)c1O. The Morgan fingerprint density at radius 1 is 1.52 bits per heavy atom. The molecule has 2 aromatic rings. The summed E-state index contributed by atoms with van der Waals surface area (Å²) in [5.74, 6) is -1.17. The average Bonchev–Trinajstić information content (AvgIpc) is 2.96. The number of nitro groups is 1. The van der Waals surface area contributed by atoms with E-state index in [1.807, 2.05) is 0 Å². The molecular weight excluding hydrogens is 304 g/mol. The van der Waals surface area contributed by atoms with E-state index in [0.717, 1.165) is 0 Å². The molecule has 1 amide bonds. The van der Waals surface area contributed by atoms with Gasteiger partial charge in [0.2, 0.25) is 6.33 Å². The lowest BCUT2D eigenvalue weighted by atomic mass is 10.1. The van der Waals surface area contributed by atoms with Crippen molar-refractivity contribution in [2.24, 2.45) is 5.10 Å². The van der Waals surface area contributed by atoms with Crippen LogP contribution in [0.3, 0.4) is 0 Å². The molecule has 0 fully saturated rings. The number of benzene rings is 1. The van der Waals surface area contributed by atoms with Crippen molar-refractivity contribution in [3.8, 4) is 5.75 Å². The molecule has 120 valence electrons. The second kappa shape index (κ2) is 6.64. The number of phenols is 1. The summed E-state index contributed by atoms with van der Waals surface area (Å²) in [6.07, 6.45) is 1.20. The Morgan fingerprint density at radius 3 is 2.91 bits per heavy atom. The topological polar surface area (TPSA) is 136 Å². The fourth-order valence-corrected chi connectivity index (χ4v) is 1.76. The standard InChI is InChI=1S/C13H14N6O4/c1-8-4-3-5-10(11(8)20)12(21)16-15-9(2)6-18-7-14-13(17-18)19(22)23/h3-5,7,20H,6H2,1-2H3,(H,16,21)/b15-9-. The van der Waals surface area contributed by atoms with Gasteiger partial charge in [0.05, 0.1) is 17.8 Å². The predicted octanol–water partition coefficient (Wildman–Crippen LogP) is 1.01. The Morgan fingerprint density at radius 2 is 2.26 bits per heavy atom. The van der Waals surface area contributed by atoms with Crippen LogP contribution in [0.25, 0.3) is 0 Å². The van der Waals surface area contributed by atoms with Gasteiger partial charge in [0.25, 0.3) is 5.91 Å². The number of hydrazone groups is 1. The van der Waals surface area contributed by atoms with Crippen molar-refractivity contribution in [3.05, 3.63) is 45.8 Å². The summed E-state index contributed by atoms with van der Waals surface area (Å²) in [4.78, 5) is 25.3. The smallest absolute Gasteiger partial charge is 0.490 e. The first-order chi connectivity index (χ1) is 10.9. The minimum absolute atomic E-state index is 0.107. The predicted molar refractivity (Wildman–Crippen MR) is 80.1 cm³/mol. The number of hydrogen-bond donors (Lipinski definition) is 2. The van der Waals surface area contributed by atoms with E-state index in [0.29, 0.717) is 11.3 Å². The van der Waals surface area contributed by atoms with E-state index in [9.17, 15) is 20.0 Å². The highest BCUT2D eigenvalue weighted by atomic mass is 16.6. The number of aromatic nitrogens is 3. The summed E-state index contributed by atoms with van der Waals surface area (Å²) in [5.41, 5.74) is 3.45. The first-order valence-electron chi connectivity index (χ1n) is 6.54. The molecule has 0 unspecified atom stereocenters. The van der Waals surface area contributed by atoms with E-state index in [4.69, 9.17) is 0 Å². The molecule has 10 heteroatoms. The fourth-order valence-electron chi connectivity index (χ4n) is 1.76. The van der Waals surface area contributed by atoms with Crippen LogP contribution in [0.15, 0.2) is 29.6 Å². The number of nitrogens with one attached hydrogen (secondary N) is 1. The van der Waals surface area contributed by atoms with Crippen LogP contribution in [-0.4, -0.2) is 36.4 Å². The molecule has 10 nitrogen and oxygen atoms in total. The molecule has 0 spiro atoms. The maximum Gasteiger partial charge on any atom is 0.490 e. The summed E-state index contributed by atoms with van der Waals surface area (Å²) in [5, 5.41) is 27.8. The summed E-state index contributed by atoms with van der Waals surface area (Å²) in [6, 6.07) is 4.80. The third-order valence-electron chi connectivity index (χ3n) is 2.91. The molecule has 1 aromatic carbocycles. The highest BCUT2D eigenvalue weighted by Crippen LogP contribution is 2.20. The monoisotopic (exact) mass is 318 g/mol. The van der Waals surface area contributed by atoms with Gasteiger partial charge in [-0.3, -0.25) is 4.79 Å². The lowest BCUT2D eigenvalue weighted by Crippen LogP contribution is -2.21. The summed E-state index contributed by atoms with van der Waals surface area (Å²) in [7, 11) is 0. The number of amides is 1. The number of phenolic OH excluding ortho intramolecular Hbond substituents is 1. The Balaban J connectivity index is 2.02. The number of rotatable bonds is 5. The maximum absolute atomic E-state index is 12.0. The minimum Gasteiger partial charge on any atom is -0.507 e. The quantitative estimate of drug-likeness (QED) is 0.479. The van der Waals surface area contributed by atoms with Gasteiger partial charge in [-0.15, -0.1) is 0 Å². The van der Waals surface area contributed by atoms with Crippen LogP contribution in [-0.2, 0) is 6.54 Å². The molecule has 0 saturated heterocycles. The van der Waals surface area contributed by atoms with Crippen molar-refractivity contribution < 1.29 is 14.8 Å². The van der Waals surface area contributed by atoms with Crippen LogP contribution >= 0.6 is 0 Å². The van der Waals surface area contributed by atoms with Crippen LogP contribution in [0.4, 0.5) is 5.95 Å². The fraction of sp³-hybridized carbons (Fsp3) is 0.231. The Bertz CT molecular complexity index is 783. The van der Waals surface area contributed by atoms with E-state index in [2.05, 4.69) is 20.6 Å². The van der Waals surface area contributed by atoms with Crippen molar-refractivity contribution in [3.63, 3.8) is 0 Å². The van der Waals surface area contributed by atoms with Crippen LogP contribution in [0.2, 0.25) is 0 Å². The van der Waals surface area contributed by atoms with Gasteiger partial charge in [-0.2, -0.15) is 9.78 Å². The number of aromatic hydroxyl groups is 1. The van der Waals surface area contributed by atoms with E-state index >= 15 is 0 Å². The zero-order valence-corrected chi connectivity index (χ0v) is 12.4. The molecule has 0 atom stereocenters. The Hall–Kier alpha value is -3.30. The van der Waals surface area contributed by atoms with E-state index in [1.165, 1.54) is 17.1 Å². The zero-order valence-electron chi connectivity index (χ0n) is 12.4. The molecule has 0 aliphatic carbocycles. The molecule has 23 heavy (non-hydrogen) atoms. The minimum atomic E-state index is -0.703. The summed E-state index contributed by atoms with van der Waals surface area (Å²) < 4.78 is 1.23. The molecule has 0 aliphatic rings. The van der Waals surface area contributed by atoms with Gasteiger partial charge in [0, 0.05) is 5.10 Å². The van der Waals surface area contributed by atoms with Crippen molar-refractivity contribution in [2.45, 2.75) is 20.4 Å². The molecule has 1 heterocycles. The van der Waals surface area contributed by atoms with Crippen molar-refractivity contribution in [2.75, 3.05) is 0 Å². The van der Waals surface area contributed by atoms with Crippen LogP contribution in [0, 0.1) is 17.0 Å². The largest absolute Gasteiger partial charge is 0.507 e. The number of aryl methyl sites for hydroxylation is 1. The van der Waals surface area contributed by atoms with Crippen molar-refractivity contribution in [1.82, 2.24) is 20.2 Å². The van der Waals surface area contributed by atoms with E-state index in [-0.39, 0.29) is 17.9 Å². The molecule has 1 aromatic heterocycles. The van der Waals surface area contributed by atoms with Gasteiger partial charge in [0.15, 0.2) is 0 Å². The molecule has 0 saturated carbocycles. The van der Waals surface area contributed by atoms with Gasteiger partial charge in [-0.05, 0) is 30.4 Å². The van der Waals surface area contributed by atoms with E-state index < -0.39 is 16.8 Å². The van der Waals surface area contributed by atoms with E-state index in [1.54, 1.807) is 26.0 Å². The normalized spacial score (nSPS) is 11.3. The van der Waals surface area contributed by atoms with Gasteiger partial charge in [-0.25, -0.2) is 5.43 Å². The Labute approximate surface area is 130 Å². The zero-order chi connectivity index (χ0) is 17.0. The van der Waals surface area contributed by atoms with Gasteiger partial charge >= 0.3 is 5.95 Å². The molecule has 2 rings (SSSR count). The number of nitrogens with zero attached hydrogens (tertiary/aromatic N) is 5. The number of carbonyl (C=O) groups is 1. The van der Waals surface area contributed by atoms with Crippen molar-refractivity contribution in [1.29, 1.82) is 0 Å². The first kappa shape index (κ1) is 16.1. The second-order valence-electron chi connectivity index (χ2n) is 4.76. The lowest BCUT2D eigenvalue weighted by molar-refractivity contribution is -0.394. The third kappa shape index (κ3) is 3.87. The molecular formula is C13H14N6O4. The third-order valence-corrected chi connectivity index (χ3v) is 2.91. The van der Waals surface area contributed by atoms with Crippen LogP contribution in [0.1, 0.15) is 22.8 Å². The first-order valence-corrected chi connectivity index (χ1v) is 6.54. The number of hydrogen-bond acceptors (Lipinski definition) is 7. The van der Waals surface area contributed by atoms with Gasteiger partial charge < -0.3 is 15.2 Å². The molecule has 0 radical (unpaired) electrons.